The van der Waals surface area contributed by atoms with Crippen LogP contribution in [0.1, 0.15) is 29.7 Å². The van der Waals surface area contributed by atoms with E-state index in [0.29, 0.717) is 6.61 Å². The first-order valence-corrected chi connectivity index (χ1v) is 5.27. The standard InChI is InChI=1S/C10H16O2S/c1-7(2)12-6-9(11)10-5-4-8(3)13-10/h4-5,7,9,11H,6H2,1-3H3. The van der Waals surface area contributed by atoms with Gasteiger partial charge >= 0.3 is 0 Å². The Kier molecular flexibility index (Phi) is 3.90. The van der Waals surface area contributed by atoms with Gasteiger partial charge in [0.15, 0.2) is 0 Å². The molecule has 0 aliphatic rings. The number of thiophene rings is 1. The molecule has 0 bridgehead atoms. The maximum absolute atomic E-state index is 9.67. The van der Waals surface area contributed by atoms with E-state index in [9.17, 15) is 5.11 Å². The van der Waals surface area contributed by atoms with Crippen molar-refractivity contribution >= 4 is 11.3 Å². The summed E-state index contributed by atoms with van der Waals surface area (Å²) in [6.07, 6.45) is -0.295. The van der Waals surface area contributed by atoms with Crippen molar-refractivity contribution < 1.29 is 9.84 Å². The molecule has 0 saturated heterocycles. The maximum atomic E-state index is 9.67. The fourth-order valence-electron chi connectivity index (χ4n) is 0.998. The van der Waals surface area contributed by atoms with Crippen LogP contribution >= 0.6 is 11.3 Å². The molecule has 1 unspecified atom stereocenters. The number of ether oxygens (including phenoxy) is 1. The summed E-state index contributed by atoms with van der Waals surface area (Å²) in [6, 6.07) is 3.97. The number of hydrogen-bond donors (Lipinski definition) is 1. The highest BCUT2D eigenvalue weighted by atomic mass is 32.1. The third-order valence-corrected chi connectivity index (χ3v) is 2.78. The second-order valence-electron chi connectivity index (χ2n) is 3.35. The zero-order chi connectivity index (χ0) is 9.84. The Bertz CT molecular complexity index is 255. The summed E-state index contributed by atoms with van der Waals surface area (Å²) < 4.78 is 5.32. The molecular formula is C10H16O2S. The Hall–Kier alpha value is -0.380. The minimum atomic E-state index is -0.471. The Balaban J connectivity index is 2.44. The van der Waals surface area contributed by atoms with Crippen LogP contribution in [0.3, 0.4) is 0 Å². The summed E-state index contributed by atoms with van der Waals surface area (Å²) in [7, 11) is 0. The molecule has 1 N–H and O–H groups in total. The molecule has 0 aromatic carbocycles. The predicted octanol–water partition coefficient (Wildman–Crippen LogP) is 2.51. The van der Waals surface area contributed by atoms with Crippen molar-refractivity contribution in [2.45, 2.75) is 33.0 Å². The van der Waals surface area contributed by atoms with E-state index in [0.717, 1.165) is 4.88 Å². The molecule has 1 atom stereocenters. The lowest BCUT2D eigenvalue weighted by atomic mass is 10.3. The average molecular weight is 200 g/mol. The highest BCUT2D eigenvalue weighted by Gasteiger charge is 2.10. The van der Waals surface area contributed by atoms with Gasteiger partial charge in [-0.1, -0.05) is 0 Å². The van der Waals surface area contributed by atoms with Crippen LogP contribution in [-0.4, -0.2) is 17.8 Å². The van der Waals surface area contributed by atoms with Crippen molar-refractivity contribution in [3.05, 3.63) is 21.9 Å². The Morgan fingerprint density at radius 1 is 1.46 bits per heavy atom. The first-order chi connectivity index (χ1) is 6.09. The Morgan fingerprint density at radius 2 is 2.15 bits per heavy atom. The molecule has 0 aliphatic carbocycles. The van der Waals surface area contributed by atoms with E-state index in [1.165, 1.54) is 4.88 Å². The second kappa shape index (κ2) is 4.74. The van der Waals surface area contributed by atoms with Gasteiger partial charge in [0.1, 0.15) is 6.10 Å². The first-order valence-electron chi connectivity index (χ1n) is 4.45. The largest absolute Gasteiger partial charge is 0.385 e. The van der Waals surface area contributed by atoms with Gasteiger partial charge in [-0.15, -0.1) is 11.3 Å². The molecule has 13 heavy (non-hydrogen) atoms. The van der Waals surface area contributed by atoms with Gasteiger partial charge in [0.25, 0.3) is 0 Å². The minimum Gasteiger partial charge on any atom is -0.385 e. The molecule has 0 aliphatic heterocycles. The maximum Gasteiger partial charge on any atom is 0.111 e. The van der Waals surface area contributed by atoms with E-state index in [4.69, 9.17) is 4.74 Å². The quantitative estimate of drug-likeness (QED) is 0.809. The lowest BCUT2D eigenvalue weighted by Crippen LogP contribution is -2.10. The van der Waals surface area contributed by atoms with Gasteiger partial charge in [-0.25, -0.2) is 0 Å². The molecule has 0 saturated carbocycles. The average Bonchev–Trinajstić information content (AvgIpc) is 2.47. The highest BCUT2D eigenvalue weighted by molar-refractivity contribution is 7.12. The summed E-state index contributed by atoms with van der Waals surface area (Å²) in [6.45, 7) is 6.35. The second-order valence-corrected chi connectivity index (χ2v) is 4.67. The Morgan fingerprint density at radius 3 is 2.62 bits per heavy atom. The molecule has 3 heteroatoms. The van der Waals surface area contributed by atoms with Gasteiger partial charge < -0.3 is 9.84 Å². The Labute approximate surface area is 83.2 Å². The van der Waals surface area contributed by atoms with Gasteiger partial charge in [-0.3, -0.25) is 0 Å². The fraction of sp³-hybridized carbons (Fsp3) is 0.600. The smallest absolute Gasteiger partial charge is 0.111 e. The highest BCUT2D eigenvalue weighted by Crippen LogP contribution is 2.22. The van der Waals surface area contributed by atoms with Crippen LogP contribution in [-0.2, 0) is 4.74 Å². The van der Waals surface area contributed by atoms with Gasteiger partial charge in [0, 0.05) is 9.75 Å². The van der Waals surface area contributed by atoms with Crippen molar-refractivity contribution in [1.82, 2.24) is 0 Å². The SMILES string of the molecule is Cc1ccc(C(O)COC(C)C)s1. The minimum absolute atomic E-state index is 0.177. The van der Waals surface area contributed by atoms with Crippen molar-refractivity contribution in [3.63, 3.8) is 0 Å². The number of aliphatic hydroxyl groups excluding tert-OH is 1. The molecule has 0 spiro atoms. The number of aliphatic hydroxyl groups is 1. The van der Waals surface area contributed by atoms with Crippen LogP contribution in [0.2, 0.25) is 0 Å². The van der Waals surface area contributed by atoms with Crippen molar-refractivity contribution in [2.24, 2.45) is 0 Å². The molecule has 0 fully saturated rings. The summed E-state index contributed by atoms with van der Waals surface area (Å²) in [4.78, 5) is 2.21. The number of rotatable bonds is 4. The van der Waals surface area contributed by atoms with Crippen molar-refractivity contribution in [3.8, 4) is 0 Å². The first kappa shape index (κ1) is 10.7. The molecule has 0 radical (unpaired) electrons. The molecule has 1 aromatic heterocycles. The monoisotopic (exact) mass is 200 g/mol. The summed E-state index contributed by atoms with van der Waals surface area (Å²) in [5.41, 5.74) is 0. The summed E-state index contributed by atoms with van der Waals surface area (Å²) >= 11 is 1.62. The molecule has 1 heterocycles. The van der Waals surface area contributed by atoms with Crippen molar-refractivity contribution in [1.29, 1.82) is 0 Å². The molecule has 2 nitrogen and oxygen atoms in total. The van der Waals surface area contributed by atoms with E-state index >= 15 is 0 Å². The van der Waals surface area contributed by atoms with Gasteiger partial charge in [-0.2, -0.15) is 0 Å². The third kappa shape index (κ3) is 3.46. The van der Waals surface area contributed by atoms with Crippen LogP contribution < -0.4 is 0 Å². The van der Waals surface area contributed by atoms with E-state index in [2.05, 4.69) is 0 Å². The molecule has 1 aromatic rings. The predicted molar refractivity (Wildman–Crippen MR) is 55.1 cm³/mol. The zero-order valence-electron chi connectivity index (χ0n) is 8.28. The number of aryl methyl sites for hydroxylation is 1. The topological polar surface area (TPSA) is 29.5 Å². The summed E-state index contributed by atoms with van der Waals surface area (Å²) in [5.74, 6) is 0. The van der Waals surface area contributed by atoms with Gasteiger partial charge in [0.2, 0.25) is 0 Å². The zero-order valence-corrected chi connectivity index (χ0v) is 9.10. The summed E-state index contributed by atoms with van der Waals surface area (Å²) in [5, 5.41) is 9.67. The molecule has 0 amide bonds. The molecule has 1 rings (SSSR count). The third-order valence-electron chi connectivity index (χ3n) is 1.68. The van der Waals surface area contributed by atoms with E-state index in [-0.39, 0.29) is 6.10 Å². The van der Waals surface area contributed by atoms with E-state index < -0.39 is 6.10 Å². The van der Waals surface area contributed by atoms with Crippen LogP contribution in [0.15, 0.2) is 12.1 Å². The van der Waals surface area contributed by atoms with Crippen LogP contribution in [0, 0.1) is 6.92 Å². The van der Waals surface area contributed by atoms with Gasteiger partial charge in [-0.05, 0) is 32.9 Å². The van der Waals surface area contributed by atoms with Crippen LogP contribution in [0.4, 0.5) is 0 Å². The van der Waals surface area contributed by atoms with Crippen LogP contribution in [0.5, 0.6) is 0 Å². The molecular weight excluding hydrogens is 184 g/mol. The number of hydrogen-bond acceptors (Lipinski definition) is 3. The van der Waals surface area contributed by atoms with Crippen molar-refractivity contribution in [2.75, 3.05) is 6.61 Å². The molecule has 74 valence electrons. The van der Waals surface area contributed by atoms with E-state index in [1.807, 2.05) is 32.9 Å². The van der Waals surface area contributed by atoms with Crippen LogP contribution in [0.25, 0.3) is 0 Å². The lowest BCUT2D eigenvalue weighted by Gasteiger charge is -2.11. The lowest BCUT2D eigenvalue weighted by molar-refractivity contribution is 0.00633. The fourth-order valence-corrected chi connectivity index (χ4v) is 1.85. The normalized spacial score (nSPS) is 13.6. The van der Waals surface area contributed by atoms with E-state index in [1.54, 1.807) is 11.3 Å². The van der Waals surface area contributed by atoms with Gasteiger partial charge in [0.05, 0.1) is 12.7 Å².